The van der Waals surface area contributed by atoms with Gasteiger partial charge in [-0.1, -0.05) is 0 Å². The second kappa shape index (κ2) is 3.95. The molecule has 0 radical (unpaired) electrons. The summed E-state index contributed by atoms with van der Waals surface area (Å²) >= 11 is 0. The number of carbonyl (C=O) groups excluding carboxylic acids is 1. The molecule has 13 heavy (non-hydrogen) atoms. The quantitative estimate of drug-likeness (QED) is 0.678. The van der Waals surface area contributed by atoms with Crippen molar-refractivity contribution in [2.75, 3.05) is 7.11 Å². The average Bonchev–Trinajstić information content (AvgIpc) is 2.16. The van der Waals surface area contributed by atoms with Gasteiger partial charge in [0.25, 0.3) is 0 Å². The number of methoxy groups -OCH3 is 1. The molecule has 1 N–H and O–H groups in total. The molecule has 1 atom stereocenters. The zero-order valence-corrected chi connectivity index (χ0v) is 6.90. The summed E-state index contributed by atoms with van der Waals surface area (Å²) in [5.41, 5.74) is -0.325. The van der Waals surface area contributed by atoms with Crippen LogP contribution in [0.2, 0.25) is 0 Å². The predicted octanol–water partition coefficient (Wildman–Crippen LogP) is 0.427. The molecule has 0 spiro atoms. The maximum Gasteiger partial charge on any atom is 0.341 e. The summed E-state index contributed by atoms with van der Waals surface area (Å²) in [6.45, 7) is 0. The molecular formula is C8H8FNO3. The predicted molar refractivity (Wildman–Crippen MR) is 41.2 cm³/mol. The third-order valence-electron chi connectivity index (χ3n) is 1.47. The number of aliphatic hydroxyl groups is 1. The number of carbonyl (C=O) groups is 1. The maximum atomic E-state index is 12.9. The molecule has 0 bridgehead atoms. The number of pyridine rings is 1. The lowest BCUT2D eigenvalue weighted by Gasteiger charge is -2.07. The first-order chi connectivity index (χ1) is 6.16. The van der Waals surface area contributed by atoms with Gasteiger partial charge in [0.05, 0.1) is 7.11 Å². The third-order valence-corrected chi connectivity index (χ3v) is 1.47. The van der Waals surface area contributed by atoms with Crippen molar-refractivity contribution in [2.45, 2.75) is 6.10 Å². The van der Waals surface area contributed by atoms with Gasteiger partial charge in [-0.15, -0.1) is 0 Å². The first-order valence-corrected chi connectivity index (χ1v) is 3.53. The number of hydrogen-bond donors (Lipinski definition) is 1. The molecule has 4 nitrogen and oxygen atoms in total. The number of nitrogens with zero attached hydrogens (tertiary/aromatic N) is 1. The molecule has 0 saturated heterocycles. The number of aliphatic hydroxyl groups excluding tert-OH is 1. The second-order valence-corrected chi connectivity index (χ2v) is 2.30. The van der Waals surface area contributed by atoms with Crippen molar-refractivity contribution in [2.24, 2.45) is 0 Å². The van der Waals surface area contributed by atoms with Crippen LogP contribution in [0.25, 0.3) is 0 Å². The summed E-state index contributed by atoms with van der Waals surface area (Å²) in [5.74, 6) is -1.67. The maximum absolute atomic E-state index is 12.9. The SMILES string of the molecule is COC(=O)C(O)c1ncccc1F. The van der Waals surface area contributed by atoms with Gasteiger partial charge in [0.2, 0.25) is 0 Å². The lowest BCUT2D eigenvalue weighted by atomic mass is 10.2. The third kappa shape index (κ3) is 2.00. The van der Waals surface area contributed by atoms with Gasteiger partial charge in [0.1, 0.15) is 11.5 Å². The molecular weight excluding hydrogens is 177 g/mol. The fourth-order valence-electron chi connectivity index (χ4n) is 0.822. The zero-order valence-electron chi connectivity index (χ0n) is 6.90. The van der Waals surface area contributed by atoms with Crippen LogP contribution in [0, 0.1) is 5.82 Å². The molecule has 0 amide bonds. The Bertz CT molecular complexity index is 316. The van der Waals surface area contributed by atoms with Crippen LogP contribution < -0.4 is 0 Å². The largest absolute Gasteiger partial charge is 0.467 e. The molecule has 0 saturated carbocycles. The summed E-state index contributed by atoms with van der Waals surface area (Å²) in [5, 5.41) is 9.19. The van der Waals surface area contributed by atoms with E-state index < -0.39 is 17.9 Å². The van der Waals surface area contributed by atoms with Gasteiger partial charge in [0.15, 0.2) is 6.10 Å². The fourth-order valence-corrected chi connectivity index (χ4v) is 0.822. The number of halogens is 1. The van der Waals surface area contributed by atoms with Gasteiger partial charge in [0, 0.05) is 6.20 Å². The first kappa shape index (κ1) is 9.60. The normalized spacial score (nSPS) is 12.2. The Kier molecular flexibility index (Phi) is 2.92. The van der Waals surface area contributed by atoms with Crippen LogP contribution in [0.1, 0.15) is 11.8 Å². The number of hydrogen-bond acceptors (Lipinski definition) is 4. The number of aromatic nitrogens is 1. The van der Waals surface area contributed by atoms with Gasteiger partial charge in [-0.25, -0.2) is 9.18 Å². The summed E-state index contributed by atoms with van der Waals surface area (Å²) in [7, 11) is 1.10. The van der Waals surface area contributed by atoms with E-state index in [1.54, 1.807) is 0 Å². The van der Waals surface area contributed by atoms with E-state index in [1.165, 1.54) is 12.3 Å². The summed E-state index contributed by atoms with van der Waals surface area (Å²) in [4.78, 5) is 14.3. The van der Waals surface area contributed by atoms with E-state index in [0.717, 1.165) is 13.2 Å². The molecule has 1 rings (SSSR count). The molecule has 0 aromatic carbocycles. The topological polar surface area (TPSA) is 59.4 Å². The van der Waals surface area contributed by atoms with Crippen molar-refractivity contribution in [3.8, 4) is 0 Å². The van der Waals surface area contributed by atoms with Gasteiger partial charge < -0.3 is 9.84 Å². The average molecular weight is 185 g/mol. The molecule has 5 heteroatoms. The van der Waals surface area contributed by atoms with E-state index in [9.17, 15) is 14.3 Å². The van der Waals surface area contributed by atoms with E-state index in [4.69, 9.17) is 0 Å². The van der Waals surface area contributed by atoms with E-state index in [1.807, 2.05) is 0 Å². The lowest BCUT2D eigenvalue weighted by Crippen LogP contribution is -2.16. The minimum absolute atomic E-state index is 0.325. The second-order valence-electron chi connectivity index (χ2n) is 2.30. The standard InChI is InChI=1S/C8H8FNO3/c1-13-8(12)7(11)6-5(9)3-2-4-10-6/h2-4,7,11H,1H3. The van der Waals surface area contributed by atoms with E-state index in [-0.39, 0.29) is 5.69 Å². The lowest BCUT2D eigenvalue weighted by molar-refractivity contribution is -0.151. The molecule has 1 aromatic rings. The summed E-state index contributed by atoms with van der Waals surface area (Å²) in [6.07, 6.45) is -0.379. The Morgan fingerprint density at radius 3 is 3.00 bits per heavy atom. The van der Waals surface area contributed by atoms with Crippen LogP contribution in [0.4, 0.5) is 4.39 Å². The minimum atomic E-state index is -1.66. The Morgan fingerprint density at radius 1 is 1.77 bits per heavy atom. The van der Waals surface area contributed by atoms with Gasteiger partial charge in [-0.05, 0) is 12.1 Å². The highest BCUT2D eigenvalue weighted by atomic mass is 19.1. The number of ether oxygens (including phenoxy) is 1. The van der Waals surface area contributed by atoms with Crippen molar-refractivity contribution in [3.63, 3.8) is 0 Å². The Morgan fingerprint density at radius 2 is 2.46 bits per heavy atom. The molecule has 1 unspecified atom stereocenters. The minimum Gasteiger partial charge on any atom is -0.467 e. The first-order valence-electron chi connectivity index (χ1n) is 3.53. The van der Waals surface area contributed by atoms with Crippen molar-refractivity contribution in [3.05, 3.63) is 29.8 Å². The van der Waals surface area contributed by atoms with Crippen molar-refractivity contribution in [1.29, 1.82) is 0 Å². The summed E-state index contributed by atoms with van der Waals surface area (Å²) in [6, 6.07) is 2.47. The summed E-state index contributed by atoms with van der Waals surface area (Å²) < 4.78 is 17.1. The fraction of sp³-hybridized carbons (Fsp3) is 0.250. The highest BCUT2D eigenvalue weighted by Crippen LogP contribution is 2.14. The van der Waals surface area contributed by atoms with E-state index in [0.29, 0.717) is 0 Å². The highest BCUT2D eigenvalue weighted by molar-refractivity contribution is 5.75. The van der Waals surface area contributed by atoms with Gasteiger partial charge >= 0.3 is 5.97 Å². The van der Waals surface area contributed by atoms with Crippen LogP contribution in [0.5, 0.6) is 0 Å². The molecule has 0 aliphatic carbocycles. The molecule has 0 aliphatic rings. The number of rotatable bonds is 2. The molecule has 1 heterocycles. The van der Waals surface area contributed by atoms with Crippen LogP contribution in [-0.2, 0) is 9.53 Å². The molecule has 70 valence electrons. The van der Waals surface area contributed by atoms with Crippen molar-refractivity contribution in [1.82, 2.24) is 4.98 Å². The highest BCUT2D eigenvalue weighted by Gasteiger charge is 2.22. The molecule has 0 fully saturated rings. The van der Waals surface area contributed by atoms with Crippen LogP contribution in [0.15, 0.2) is 18.3 Å². The van der Waals surface area contributed by atoms with E-state index >= 15 is 0 Å². The van der Waals surface area contributed by atoms with Gasteiger partial charge in [-0.3, -0.25) is 4.98 Å². The Hall–Kier alpha value is -1.49. The van der Waals surface area contributed by atoms with Crippen LogP contribution in [-0.4, -0.2) is 23.2 Å². The van der Waals surface area contributed by atoms with Gasteiger partial charge in [-0.2, -0.15) is 0 Å². The molecule has 1 aromatic heterocycles. The van der Waals surface area contributed by atoms with Crippen molar-refractivity contribution < 1.29 is 19.0 Å². The Balaban J connectivity index is 2.95. The Labute approximate surface area is 74.0 Å². The van der Waals surface area contributed by atoms with E-state index in [2.05, 4.69) is 9.72 Å². The number of esters is 1. The smallest absolute Gasteiger partial charge is 0.341 e. The van der Waals surface area contributed by atoms with Crippen molar-refractivity contribution >= 4 is 5.97 Å². The molecule has 0 aliphatic heterocycles. The van der Waals surface area contributed by atoms with Crippen LogP contribution >= 0.6 is 0 Å². The van der Waals surface area contributed by atoms with Crippen LogP contribution in [0.3, 0.4) is 0 Å². The monoisotopic (exact) mass is 185 g/mol. The zero-order chi connectivity index (χ0) is 9.84.